The number of piperidine rings is 1. The van der Waals surface area contributed by atoms with Crippen molar-refractivity contribution in [1.29, 1.82) is 0 Å². The van der Waals surface area contributed by atoms with Crippen LogP contribution in [0, 0.1) is 11.8 Å². The third kappa shape index (κ3) is 3.71. The summed E-state index contributed by atoms with van der Waals surface area (Å²) in [6, 6.07) is 1.05. The molecule has 112 valence electrons. The summed E-state index contributed by atoms with van der Waals surface area (Å²) in [5.41, 5.74) is 0. The lowest BCUT2D eigenvalue weighted by atomic mass is 9.77. The smallest absolute Gasteiger partial charge is 0.0695 e. The molecule has 1 aliphatic carbocycles. The molecule has 3 unspecified atom stereocenters. The molecular formula is C16H32N2O. The summed E-state index contributed by atoms with van der Waals surface area (Å²) in [6.45, 7) is 7.06. The minimum Gasteiger partial charge on any atom is -0.391 e. The molecule has 0 bridgehead atoms. The molecule has 2 fully saturated rings. The highest BCUT2D eigenvalue weighted by atomic mass is 16.3. The Morgan fingerprint density at radius 3 is 2.32 bits per heavy atom. The van der Waals surface area contributed by atoms with Crippen molar-refractivity contribution < 1.29 is 5.11 Å². The second kappa shape index (κ2) is 6.55. The van der Waals surface area contributed by atoms with Gasteiger partial charge in [-0.05, 0) is 71.1 Å². The van der Waals surface area contributed by atoms with Gasteiger partial charge in [-0.1, -0.05) is 13.8 Å². The van der Waals surface area contributed by atoms with E-state index in [-0.39, 0.29) is 6.10 Å². The van der Waals surface area contributed by atoms with Gasteiger partial charge in [0, 0.05) is 12.1 Å². The Hall–Kier alpha value is -0.120. The number of nitrogens with zero attached hydrogens (tertiary/aromatic N) is 2. The van der Waals surface area contributed by atoms with Crippen LogP contribution < -0.4 is 0 Å². The van der Waals surface area contributed by atoms with Crippen molar-refractivity contribution in [3.05, 3.63) is 0 Å². The molecular weight excluding hydrogens is 236 g/mol. The van der Waals surface area contributed by atoms with E-state index in [1.54, 1.807) is 0 Å². The summed E-state index contributed by atoms with van der Waals surface area (Å²) in [4.78, 5) is 4.92. The number of likely N-dealkylation sites (N-methyl/N-ethyl adjacent to an activating group) is 1. The van der Waals surface area contributed by atoms with E-state index in [1.165, 1.54) is 38.8 Å². The lowest BCUT2D eigenvalue weighted by molar-refractivity contribution is -0.0205. The SMILES string of the molecule is CC(C)C1CCC(O)C(N(C)C2CCN(C)CC2)C1. The Kier molecular flexibility index (Phi) is 5.27. The van der Waals surface area contributed by atoms with Gasteiger partial charge in [0.15, 0.2) is 0 Å². The highest BCUT2D eigenvalue weighted by Gasteiger charge is 2.36. The van der Waals surface area contributed by atoms with Crippen LogP contribution in [0.2, 0.25) is 0 Å². The van der Waals surface area contributed by atoms with Gasteiger partial charge in [0.25, 0.3) is 0 Å². The summed E-state index contributed by atoms with van der Waals surface area (Å²) >= 11 is 0. The standard InChI is InChI=1S/C16H32N2O/c1-12(2)13-5-6-16(19)15(11-13)18(4)14-7-9-17(3)10-8-14/h12-16,19H,5-11H2,1-4H3. The number of aliphatic hydroxyl groups excluding tert-OH is 1. The maximum absolute atomic E-state index is 10.4. The van der Waals surface area contributed by atoms with E-state index >= 15 is 0 Å². The molecule has 0 amide bonds. The fourth-order valence-corrected chi connectivity index (χ4v) is 3.88. The maximum Gasteiger partial charge on any atom is 0.0695 e. The van der Waals surface area contributed by atoms with Gasteiger partial charge >= 0.3 is 0 Å². The van der Waals surface area contributed by atoms with E-state index in [0.29, 0.717) is 12.1 Å². The van der Waals surface area contributed by atoms with Crippen molar-refractivity contribution in [1.82, 2.24) is 9.80 Å². The number of hydrogen-bond donors (Lipinski definition) is 1. The summed E-state index contributed by atoms with van der Waals surface area (Å²) in [7, 11) is 4.45. The first kappa shape index (κ1) is 15.3. The van der Waals surface area contributed by atoms with Gasteiger partial charge in [0.05, 0.1) is 6.10 Å². The largest absolute Gasteiger partial charge is 0.391 e. The summed E-state index contributed by atoms with van der Waals surface area (Å²) in [5.74, 6) is 1.54. The minimum absolute atomic E-state index is 0.111. The van der Waals surface area contributed by atoms with E-state index in [0.717, 1.165) is 18.3 Å². The fraction of sp³-hybridized carbons (Fsp3) is 1.00. The molecule has 1 heterocycles. The Labute approximate surface area is 119 Å². The molecule has 0 spiro atoms. The molecule has 1 N–H and O–H groups in total. The molecule has 0 aromatic heterocycles. The predicted molar refractivity (Wildman–Crippen MR) is 80.3 cm³/mol. The van der Waals surface area contributed by atoms with Crippen molar-refractivity contribution in [2.45, 2.75) is 64.1 Å². The van der Waals surface area contributed by atoms with Gasteiger partial charge in [-0.2, -0.15) is 0 Å². The third-order valence-corrected chi connectivity index (χ3v) is 5.55. The zero-order chi connectivity index (χ0) is 14.0. The molecule has 1 aliphatic heterocycles. The van der Waals surface area contributed by atoms with Crippen molar-refractivity contribution >= 4 is 0 Å². The van der Waals surface area contributed by atoms with E-state index < -0.39 is 0 Å². The van der Waals surface area contributed by atoms with E-state index in [9.17, 15) is 5.11 Å². The quantitative estimate of drug-likeness (QED) is 0.850. The summed E-state index contributed by atoms with van der Waals surface area (Å²) in [6.07, 6.45) is 5.77. The Bertz CT molecular complexity index is 274. The predicted octanol–water partition coefficient (Wildman–Crippen LogP) is 2.20. The number of aliphatic hydroxyl groups is 1. The zero-order valence-electron chi connectivity index (χ0n) is 13.2. The molecule has 3 heteroatoms. The van der Waals surface area contributed by atoms with Gasteiger partial charge in [-0.25, -0.2) is 0 Å². The van der Waals surface area contributed by atoms with Gasteiger partial charge in [-0.3, -0.25) is 4.90 Å². The zero-order valence-corrected chi connectivity index (χ0v) is 13.2. The van der Waals surface area contributed by atoms with Crippen LogP contribution in [0.3, 0.4) is 0 Å². The first-order valence-electron chi connectivity index (χ1n) is 8.07. The molecule has 0 radical (unpaired) electrons. The normalized spacial score (nSPS) is 35.2. The van der Waals surface area contributed by atoms with Crippen LogP contribution in [0.5, 0.6) is 0 Å². The lowest BCUT2D eigenvalue weighted by Gasteiger charge is -2.45. The average molecular weight is 268 g/mol. The van der Waals surface area contributed by atoms with Crippen molar-refractivity contribution in [3.8, 4) is 0 Å². The number of hydrogen-bond acceptors (Lipinski definition) is 3. The van der Waals surface area contributed by atoms with Crippen LogP contribution >= 0.6 is 0 Å². The molecule has 19 heavy (non-hydrogen) atoms. The van der Waals surface area contributed by atoms with Crippen LogP contribution in [0.1, 0.15) is 46.0 Å². The highest BCUT2D eigenvalue weighted by molar-refractivity contribution is 4.90. The van der Waals surface area contributed by atoms with E-state index in [2.05, 4.69) is 37.7 Å². The van der Waals surface area contributed by atoms with Crippen LogP contribution in [0.4, 0.5) is 0 Å². The van der Waals surface area contributed by atoms with Crippen LogP contribution in [0.25, 0.3) is 0 Å². The first-order chi connectivity index (χ1) is 8.99. The first-order valence-corrected chi connectivity index (χ1v) is 8.07. The monoisotopic (exact) mass is 268 g/mol. The molecule has 2 aliphatic rings. The number of rotatable bonds is 3. The Morgan fingerprint density at radius 2 is 1.74 bits per heavy atom. The van der Waals surface area contributed by atoms with Crippen LogP contribution in [-0.4, -0.2) is 60.3 Å². The van der Waals surface area contributed by atoms with Crippen molar-refractivity contribution in [2.24, 2.45) is 11.8 Å². The fourth-order valence-electron chi connectivity index (χ4n) is 3.88. The Morgan fingerprint density at radius 1 is 1.11 bits per heavy atom. The highest BCUT2D eigenvalue weighted by Crippen LogP contribution is 2.34. The molecule has 1 saturated heterocycles. The summed E-state index contributed by atoms with van der Waals surface area (Å²) < 4.78 is 0. The second-order valence-electron chi connectivity index (χ2n) is 7.15. The molecule has 2 rings (SSSR count). The van der Waals surface area contributed by atoms with Crippen molar-refractivity contribution in [2.75, 3.05) is 27.2 Å². The molecule has 3 atom stereocenters. The van der Waals surface area contributed by atoms with Gasteiger partial charge in [-0.15, -0.1) is 0 Å². The van der Waals surface area contributed by atoms with E-state index in [4.69, 9.17) is 0 Å². The third-order valence-electron chi connectivity index (χ3n) is 5.55. The second-order valence-corrected chi connectivity index (χ2v) is 7.15. The molecule has 3 nitrogen and oxygen atoms in total. The van der Waals surface area contributed by atoms with Gasteiger partial charge in [0.1, 0.15) is 0 Å². The minimum atomic E-state index is -0.111. The van der Waals surface area contributed by atoms with Crippen molar-refractivity contribution in [3.63, 3.8) is 0 Å². The van der Waals surface area contributed by atoms with Gasteiger partial charge in [0.2, 0.25) is 0 Å². The van der Waals surface area contributed by atoms with E-state index in [1.807, 2.05) is 0 Å². The van der Waals surface area contributed by atoms with Gasteiger partial charge < -0.3 is 10.0 Å². The van der Waals surface area contributed by atoms with Crippen LogP contribution in [0.15, 0.2) is 0 Å². The molecule has 0 aromatic rings. The molecule has 0 aromatic carbocycles. The lowest BCUT2D eigenvalue weighted by Crippen LogP contribution is -2.52. The topological polar surface area (TPSA) is 26.7 Å². The molecule has 1 saturated carbocycles. The Balaban J connectivity index is 1.94. The average Bonchev–Trinajstić information content (AvgIpc) is 2.39. The maximum atomic E-state index is 10.4. The number of likely N-dealkylation sites (tertiary alicyclic amines) is 1. The van der Waals surface area contributed by atoms with Crippen LogP contribution in [-0.2, 0) is 0 Å². The summed E-state index contributed by atoms with van der Waals surface area (Å²) in [5, 5.41) is 10.4.